The number of nitrogens with zero attached hydrogens (tertiary/aromatic N) is 5. The monoisotopic (exact) mass is 341 g/mol. The van der Waals surface area contributed by atoms with Crippen LogP contribution in [-0.2, 0) is 14.3 Å². The van der Waals surface area contributed by atoms with Crippen LogP contribution >= 0.6 is 0 Å². The molecule has 4 aliphatic heterocycles. The Hall–Kier alpha value is -1.60. The van der Waals surface area contributed by atoms with Crippen molar-refractivity contribution >= 4 is 5.97 Å². The lowest BCUT2D eigenvalue weighted by Crippen LogP contribution is -2.32. The highest BCUT2D eigenvalue weighted by Gasteiger charge is 2.13. The fourth-order valence-corrected chi connectivity index (χ4v) is 1.11. The number of ether oxygens (including phenoxy) is 2. The minimum atomic E-state index is -0.181. The number of esters is 1. The van der Waals surface area contributed by atoms with Crippen molar-refractivity contribution in [1.82, 2.24) is 9.80 Å². The summed E-state index contributed by atoms with van der Waals surface area (Å²) >= 11 is 0. The van der Waals surface area contributed by atoms with E-state index in [-0.39, 0.29) is 5.97 Å². The van der Waals surface area contributed by atoms with Crippen molar-refractivity contribution in [2.24, 2.45) is 5.11 Å². The van der Waals surface area contributed by atoms with Gasteiger partial charge in [-0.25, -0.2) is 4.79 Å². The van der Waals surface area contributed by atoms with Crippen LogP contribution in [-0.4, -0.2) is 82.4 Å². The standard InChI is InChI=1S/C5H6O2.C4H9N.C3H7N.C3H6O.CH3N3/c1-4-2-3-7-5(4)6;1-5-3-2-4-5;1-4-2-3-4;1-3-2-4-3;1-3-4-2/h2H,3H2,1H3;2-4H2,1H3;2-3H2,1H3;3H,2H2,1H3;1H3. The van der Waals surface area contributed by atoms with Crippen LogP contribution in [0.15, 0.2) is 16.8 Å². The lowest BCUT2D eigenvalue weighted by Gasteiger charge is -2.24. The molecule has 0 spiro atoms. The smallest absolute Gasteiger partial charge is 0.333 e. The Bertz CT molecular complexity index is 413. The summed E-state index contributed by atoms with van der Waals surface area (Å²) in [4.78, 5) is 17.2. The number of carbonyl (C=O) groups excluding carboxylic acids is 1. The molecular formula is C16H31N5O3. The Morgan fingerprint density at radius 1 is 1.25 bits per heavy atom. The van der Waals surface area contributed by atoms with E-state index in [1.165, 1.54) is 39.6 Å². The van der Waals surface area contributed by atoms with Gasteiger partial charge in [-0.2, -0.15) is 0 Å². The molecule has 24 heavy (non-hydrogen) atoms. The Balaban J connectivity index is 0.000000282. The highest BCUT2D eigenvalue weighted by Crippen LogP contribution is 2.04. The second-order valence-electron chi connectivity index (χ2n) is 5.88. The lowest BCUT2D eigenvalue weighted by molar-refractivity contribution is -0.135. The van der Waals surface area contributed by atoms with Gasteiger partial charge < -0.3 is 19.3 Å². The molecule has 0 aromatic heterocycles. The summed E-state index contributed by atoms with van der Waals surface area (Å²) in [5.74, 6) is -0.181. The third-order valence-electron chi connectivity index (χ3n) is 3.27. The molecule has 0 saturated carbocycles. The highest BCUT2D eigenvalue weighted by molar-refractivity contribution is 5.89. The van der Waals surface area contributed by atoms with E-state index in [9.17, 15) is 4.79 Å². The summed E-state index contributed by atoms with van der Waals surface area (Å²) in [6.45, 7) is 10.5. The van der Waals surface area contributed by atoms with Crippen LogP contribution in [0.5, 0.6) is 0 Å². The van der Waals surface area contributed by atoms with Crippen molar-refractivity contribution < 1.29 is 14.3 Å². The predicted octanol–water partition coefficient (Wildman–Crippen LogP) is 2.07. The van der Waals surface area contributed by atoms with Gasteiger partial charge in [0.2, 0.25) is 0 Å². The van der Waals surface area contributed by atoms with Gasteiger partial charge in [-0.3, -0.25) is 0 Å². The third-order valence-corrected chi connectivity index (χ3v) is 3.27. The highest BCUT2D eigenvalue weighted by atomic mass is 16.6. The van der Waals surface area contributed by atoms with Crippen molar-refractivity contribution in [2.75, 3.05) is 60.5 Å². The van der Waals surface area contributed by atoms with Gasteiger partial charge in [0, 0.05) is 30.6 Å². The van der Waals surface area contributed by atoms with Crippen LogP contribution in [0.25, 0.3) is 10.4 Å². The summed E-state index contributed by atoms with van der Waals surface area (Å²) in [5.41, 5.74) is 8.06. The predicted molar refractivity (Wildman–Crippen MR) is 94.8 cm³/mol. The molecular weight excluding hydrogens is 310 g/mol. The summed E-state index contributed by atoms with van der Waals surface area (Å²) in [7, 11) is 5.64. The van der Waals surface area contributed by atoms with Crippen molar-refractivity contribution in [1.29, 1.82) is 0 Å². The Kier molecular flexibility index (Phi) is 12.9. The Labute approximate surface area is 145 Å². The third kappa shape index (κ3) is 16.8. The molecule has 1 unspecified atom stereocenters. The number of hydrogen-bond donors (Lipinski definition) is 0. The minimum Gasteiger partial charge on any atom is -0.458 e. The second-order valence-corrected chi connectivity index (χ2v) is 5.88. The van der Waals surface area contributed by atoms with E-state index in [4.69, 9.17) is 10.3 Å². The average Bonchev–Trinajstić information content (AvgIpc) is 3.46. The molecule has 1 atom stereocenters. The zero-order valence-corrected chi connectivity index (χ0v) is 15.6. The molecule has 138 valence electrons. The van der Waals surface area contributed by atoms with Gasteiger partial charge in [0.1, 0.15) is 6.61 Å². The van der Waals surface area contributed by atoms with Gasteiger partial charge in [0.05, 0.1) is 12.7 Å². The molecule has 0 N–H and O–H groups in total. The van der Waals surface area contributed by atoms with Crippen molar-refractivity contribution in [3.05, 3.63) is 22.1 Å². The second kappa shape index (κ2) is 13.8. The van der Waals surface area contributed by atoms with Crippen molar-refractivity contribution in [3.8, 4) is 0 Å². The number of likely N-dealkylation sites (tertiary alicyclic amines) is 1. The molecule has 3 fully saturated rings. The average molecular weight is 341 g/mol. The summed E-state index contributed by atoms with van der Waals surface area (Å²) in [6.07, 6.45) is 3.76. The van der Waals surface area contributed by atoms with E-state index >= 15 is 0 Å². The molecule has 4 heterocycles. The zero-order valence-electron chi connectivity index (χ0n) is 15.6. The van der Waals surface area contributed by atoms with Crippen LogP contribution < -0.4 is 0 Å². The molecule has 4 aliphatic rings. The molecule has 4 rings (SSSR count). The number of epoxide rings is 1. The van der Waals surface area contributed by atoms with E-state index in [1.807, 2.05) is 0 Å². The molecule has 0 aliphatic carbocycles. The maximum absolute atomic E-state index is 10.3. The molecule has 8 heteroatoms. The lowest BCUT2D eigenvalue weighted by atomic mass is 10.3. The van der Waals surface area contributed by atoms with Gasteiger partial charge in [-0.1, -0.05) is 5.11 Å². The summed E-state index contributed by atoms with van der Waals surface area (Å²) < 4.78 is 9.24. The Morgan fingerprint density at radius 3 is 1.67 bits per heavy atom. The first-order valence-electron chi connectivity index (χ1n) is 8.16. The number of likely N-dealkylation sites (N-methyl/N-ethyl adjacent to an activating group) is 1. The largest absolute Gasteiger partial charge is 0.458 e. The first-order chi connectivity index (χ1) is 11.4. The number of carbonyl (C=O) groups is 1. The van der Waals surface area contributed by atoms with E-state index in [0.29, 0.717) is 12.7 Å². The fourth-order valence-electron chi connectivity index (χ4n) is 1.11. The van der Waals surface area contributed by atoms with Crippen LogP contribution in [0, 0.1) is 0 Å². The van der Waals surface area contributed by atoms with E-state index in [1.54, 1.807) is 13.0 Å². The number of cyclic esters (lactones) is 1. The molecule has 8 nitrogen and oxygen atoms in total. The topological polar surface area (TPSA) is 93.8 Å². The molecule has 0 radical (unpaired) electrons. The van der Waals surface area contributed by atoms with E-state index < -0.39 is 0 Å². The fraction of sp³-hybridized carbons (Fsp3) is 0.812. The number of azide groups is 1. The van der Waals surface area contributed by atoms with Gasteiger partial charge in [0.15, 0.2) is 0 Å². The van der Waals surface area contributed by atoms with Crippen LogP contribution in [0.3, 0.4) is 0 Å². The Morgan fingerprint density at radius 2 is 1.62 bits per heavy atom. The normalized spacial score (nSPS) is 22.6. The first-order valence-corrected chi connectivity index (χ1v) is 8.16. The molecule has 0 amide bonds. The van der Waals surface area contributed by atoms with Gasteiger partial charge in [-0.05, 0) is 59.1 Å². The maximum atomic E-state index is 10.3. The van der Waals surface area contributed by atoms with Gasteiger partial charge in [0.25, 0.3) is 0 Å². The van der Waals surface area contributed by atoms with Gasteiger partial charge >= 0.3 is 5.97 Å². The van der Waals surface area contributed by atoms with E-state index in [2.05, 4.69) is 45.6 Å². The van der Waals surface area contributed by atoms with Gasteiger partial charge in [-0.15, -0.1) is 0 Å². The summed E-state index contributed by atoms with van der Waals surface area (Å²) in [5, 5.41) is 2.92. The quantitative estimate of drug-likeness (QED) is 0.221. The minimum absolute atomic E-state index is 0.181. The molecule has 0 aromatic carbocycles. The molecule has 0 aromatic rings. The SMILES string of the molecule is CC1=CCOC1=O.CC1CO1.CN1CC1.CN1CCC1.CN=[N+]=[N-]. The van der Waals surface area contributed by atoms with Crippen molar-refractivity contribution in [3.63, 3.8) is 0 Å². The molecule has 0 bridgehead atoms. The zero-order chi connectivity index (χ0) is 18.4. The van der Waals surface area contributed by atoms with Crippen LogP contribution in [0.2, 0.25) is 0 Å². The van der Waals surface area contributed by atoms with E-state index in [0.717, 1.165) is 12.2 Å². The number of hydrogen-bond acceptors (Lipinski definition) is 6. The van der Waals surface area contributed by atoms with Crippen LogP contribution in [0.1, 0.15) is 20.3 Å². The van der Waals surface area contributed by atoms with Crippen molar-refractivity contribution in [2.45, 2.75) is 26.4 Å². The maximum Gasteiger partial charge on any atom is 0.333 e. The molecule has 3 saturated heterocycles. The summed E-state index contributed by atoms with van der Waals surface area (Å²) in [6, 6.07) is 0. The first kappa shape index (κ1) is 22.4. The number of rotatable bonds is 0. The van der Waals surface area contributed by atoms with Crippen LogP contribution in [0.4, 0.5) is 0 Å².